The minimum absolute atomic E-state index is 0.0998. The molecular weight excluding hydrogens is 531 g/mol. The minimum Gasteiger partial charge on any atom is -0.475 e. The second kappa shape index (κ2) is 13.0. The Hall–Kier alpha value is -4.17. The van der Waals surface area contributed by atoms with E-state index in [0.29, 0.717) is 33.7 Å². The van der Waals surface area contributed by atoms with E-state index < -0.39 is 11.9 Å². The molecule has 1 aliphatic rings. The van der Waals surface area contributed by atoms with E-state index in [1.165, 1.54) is 6.20 Å². The molecule has 13 heteroatoms. The quantitative estimate of drug-likeness (QED) is 0.215. The van der Waals surface area contributed by atoms with Gasteiger partial charge in [-0.15, -0.1) is 0 Å². The maximum absolute atomic E-state index is 15.0. The average molecular weight is 565 g/mol. The lowest BCUT2D eigenvalue weighted by Gasteiger charge is -2.36. The number of aromatic amines is 1. The number of piperazine rings is 1. The molecule has 1 amide bonds. The standard InChI is InChI=1S/C28H33FN8O4/c1-36-8-10-37(11-9-36)23(17-40-2)27(39)34-22-5-3-4-19-20(15-31-26(19)22)25-21(29)16-32-28(35-25)33-18-6-7-24(30-14-18)41-13-12-38/h3-7,14-16,23,31,38H,8-13,17H2,1-2H3,(H,34,39)(H,32,33,35)/t23-/m1/s1. The van der Waals surface area contributed by atoms with Crippen LogP contribution >= 0.6 is 0 Å². The second-order valence-corrected chi connectivity index (χ2v) is 9.70. The zero-order valence-electron chi connectivity index (χ0n) is 22.9. The Morgan fingerprint density at radius 1 is 1.17 bits per heavy atom. The summed E-state index contributed by atoms with van der Waals surface area (Å²) in [7, 11) is 3.66. The number of benzene rings is 1. The number of hydrogen-bond acceptors (Lipinski definition) is 10. The summed E-state index contributed by atoms with van der Waals surface area (Å²) < 4.78 is 25.6. The number of ether oxygens (including phenoxy) is 2. The van der Waals surface area contributed by atoms with Gasteiger partial charge in [0.05, 0.1) is 42.5 Å². The monoisotopic (exact) mass is 564 g/mol. The van der Waals surface area contributed by atoms with Gasteiger partial charge in [-0.25, -0.2) is 19.3 Å². The fourth-order valence-corrected chi connectivity index (χ4v) is 4.74. The van der Waals surface area contributed by atoms with Gasteiger partial charge in [-0.2, -0.15) is 0 Å². The number of rotatable bonds is 11. The number of aliphatic hydroxyl groups is 1. The summed E-state index contributed by atoms with van der Waals surface area (Å²) in [5.74, 6) is -0.210. The number of pyridine rings is 1. The van der Waals surface area contributed by atoms with E-state index in [9.17, 15) is 9.18 Å². The summed E-state index contributed by atoms with van der Waals surface area (Å²) >= 11 is 0. The molecule has 1 aliphatic heterocycles. The van der Waals surface area contributed by atoms with Crippen LogP contribution < -0.4 is 15.4 Å². The summed E-state index contributed by atoms with van der Waals surface area (Å²) in [4.78, 5) is 33.6. The number of carbonyl (C=O) groups excluding carboxylic acids is 1. The molecule has 1 saturated heterocycles. The Labute approximate surface area is 236 Å². The topological polar surface area (TPSA) is 141 Å². The first-order valence-electron chi connectivity index (χ1n) is 13.3. The number of halogens is 1. The number of methoxy groups -OCH3 is 1. The molecular formula is C28H33FN8O4. The van der Waals surface area contributed by atoms with Crippen molar-refractivity contribution in [2.75, 3.05) is 70.8 Å². The van der Waals surface area contributed by atoms with E-state index in [2.05, 4.69) is 47.4 Å². The van der Waals surface area contributed by atoms with Crippen LogP contribution in [0, 0.1) is 5.82 Å². The van der Waals surface area contributed by atoms with E-state index in [1.54, 1.807) is 37.6 Å². The van der Waals surface area contributed by atoms with Crippen molar-refractivity contribution >= 4 is 34.1 Å². The molecule has 0 spiro atoms. The van der Waals surface area contributed by atoms with Crippen molar-refractivity contribution in [2.45, 2.75) is 6.04 Å². The number of amides is 1. The van der Waals surface area contributed by atoms with Gasteiger partial charge in [-0.3, -0.25) is 9.69 Å². The van der Waals surface area contributed by atoms with Crippen LogP contribution in [0.1, 0.15) is 0 Å². The van der Waals surface area contributed by atoms with Gasteiger partial charge in [0, 0.05) is 56.5 Å². The van der Waals surface area contributed by atoms with Crippen molar-refractivity contribution in [3.05, 3.63) is 54.7 Å². The predicted molar refractivity (Wildman–Crippen MR) is 153 cm³/mol. The summed E-state index contributed by atoms with van der Waals surface area (Å²) in [6.45, 7) is 3.62. The SMILES string of the molecule is COC[C@H](C(=O)Nc1cccc2c(-c3nc(Nc4ccc(OCCO)nc4)ncc3F)c[nH]c12)N1CCN(C)CC1. The molecule has 4 N–H and O–H groups in total. The summed E-state index contributed by atoms with van der Waals surface area (Å²) in [5.41, 5.74) is 2.44. The van der Waals surface area contributed by atoms with E-state index in [-0.39, 0.29) is 37.4 Å². The number of likely N-dealkylation sites (N-methyl/N-ethyl adjacent to an activating group) is 1. The average Bonchev–Trinajstić information content (AvgIpc) is 3.42. The highest BCUT2D eigenvalue weighted by molar-refractivity contribution is 6.06. The lowest BCUT2D eigenvalue weighted by atomic mass is 10.1. The Morgan fingerprint density at radius 3 is 2.73 bits per heavy atom. The number of para-hydroxylation sites is 1. The van der Waals surface area contributed by atoms with Crippen molar-refractivity contribution in [3.63, 3.8) is 0 Å². The van der Waals surface area contributed by atoms with Crippen LogP contribution in [0.5, 0.6) is 5.88 Å². The molecule has 0 radical (unpaired) electrons. The number of nitrogens with one attached hydrogen (secondary N) is 3. The number of fused-ring (bicyclic) bond motifs is 1. The van der Waals surface area contributed by atoms with E-state index >= 15 is 0 Å². The fraction of sp³-hybridized carbons (Fsp3) is 0.357. The molecule has 216 valence electrons. The molecule has 0 unspecified atom stereocenters. The van der Waals surface area contributed by atoms with Crippen LogP contribution in [-0.4, -0.2) is 107 Å². The van der Waals surface area contributed by atoms with Gasteiger partial charge in [-0.05, 0) is 19.2 Å². The number of H-pyrrole nitrogens is 1. The zero-order chi connectivity index (χ0) is 28.8. The normalized spacial score (nSPS) is 15.1. The van der Waals surface area contributed by atoms with E-state index in [0.717, 1.165) is 32.4 Å². The molecule has 5 rings (SSSR count). The fourth-order valence-electron chi connectivity index (χ4n) is 4.74. The van der Waals surface area contributed by atoms with Gasteiger partial charge in [0.15, 0.2) is 5.82 Å². The Morgan fingerprint density at radius 2 is 2.00 bits per heavy atom. The van der Waals surface area contributed by atoms with Crippen LogP contribution in [0.15, 0.2) is 48.9 Å². The van der Waals surface area contributed by atoms with Crippen molar-refractivity contribution in [1.29, 1.82) is 0 Å². The summed E-state index contributed by atoms with van der Waals surface area (Å²) in [6.07, 6.45) is 4.29. The first-order valence-corrected chi connectivity index (χ1v) is 13.3. The second-order valence-electron chi connectivity index (χ2n) is 9.70. The molecule has 0 bridgehead atoms. The number of hydrogen-bond donors (Lipinski definition) is 4. The van der Waals surface area contributed by atoms with Gasteiger partial charge < -0.3 is 35.1 Å². The van der Waals surface area contributed by atoms with Crippen LogP contribution in [0.2, 0.25) is 0 Å². The maximum Gasteiger partial charge on any atom is 0.244 e. The first-order chi connectivity index (χ1) is 20.0. The van der Waals surface area contributed by atoms with Crippen molar-refractivity contribution in [1.82, 2.24) is 29.7 Å². The minimum atomic E-state index is -0.591. The highest BCUT2D eigenvalue weighted by Gasteiger charge is 2.29. The van der Waals surface area contributed by atoms with Crippen LogP contribution in [0.4, 0.5) is 21.7 Å². The lowest BCUT2D eigenvalue weighted by Crippen LogP contribution is -2.54. The van der Waals surface area contributed by atoms with Crippen LogP contribution in [-0.2, 0) is 9.53 Å². The maximum atomic E-state index is 15.0. The smallest absolute Gasteiger partial charge is 0.244 e. The number of aliphatic hydroxyl groups excluding tert-OH is 1. The zero-order valence-corrected chi connectivity index (χ0v) is 22.9. The Kier molecular flexibility index (Phi) is 8.99. The van der Waals surface area contributed by atoms with Gasteiger partial charge in [-0.1, -0.05) is 12.1 Å². The van der Waals surface area contributed by atoms with Crippen molar-refractivity contribution in [2.24, 2.45) is 0 Å². The molecule has 0 aliphatic carbocycles. The lowest BCUT2D eigenvalue weighted by molar-refractivity contribution is -0.124. The van der Waals surface area contributed by atoms with Crippen LogP contribution in [0.3, 0.4) is 0 Å². The highest BCUT2D eigenvalue weighted by atomic mass is 19.1. The van der Waals surface area contributed by atoms with Gasteiger partial charge in [0.2, 0.25) is 17.7 Å². The van der Waals surface area contributed by atoms with E-state index in [1.807, 2.05) is 6.07 Å². The van der Waals surface area contributed by atoms with Crippen molar-refractivity contribution < 1.29 is 23.8 Å². The molecule has 4 aromatic rings. The first kappa shape index (κ1) is 28.4. The molecule has 3 aromatic heterocycles. The predicted octanol–water partition coefficient (Wildman–Crippen LogP) is 2.47. The molecule has 4 heterocycles. The molecule has 0 saturated carbocycles. The third-order valence-electron chi connectivity index (χ3n) is 6.91. The number of nitrogens with zero attached hydrogens (tertiary/aromatic N) is 5. The third-order valence-corrected chi connectivity index (χ3v) is 6.91. The molecule has 41 heavy (non-hydrogen) atoms. The van der Waals surface area contributed by atoms with Crippen LogP contribution in [0.25, 0.3) is 22.2 Å². The third kappa shape index (κ3) is 6.60. The Balaban J connectivity index is 1.36. The Bertz CT molecular complexity index is 1470. The summed E-state index contributed by atoms with van der Waals surface area (Å²) in [5, 5.41) is 15.6. The number of aromatic nitrogens is 4. The van der Waals surface area contributed by atoms with Gasteiger partial charge in [0.1, 0.15) is 18.3 Å². The number of anilines is 3. The number of carbonyl (C=O) groups is 1. The van der Waals surface area contributed by atoms with Gasteiger partial charge >= 0.3 is 0 Å². The largest absolute Gasteiger partial charge is 0.475 e. The van der Waals surface area contributed by atoms with Gasteiger partial charge in [0.25, 0.3) is 0 Å². The van der Waals surface area contributed by atoms with Crippen molar-refractivity contribution in [3.8, 4) is 17.1 Å². The highest BCUT2D eigenvalue weighted by Crippen LogP contribution is 2.33. The molecule has 12 nitrogen and oxygen atoms in total. The summed E-state index contributed by atoms with van der Waals surface area (Å²) in [6, 6.07) is 8.37. The molecule has 1 fully saturated rings. The molecule has 1 atom stereocenters. The van der Waals surface area contributed by atoms with E-state index in [4.69, 9.17) is 14.6 Å². The molecule has 1 aromatic carbocycles.